The lowest BCUT2D eigenvalue weighted by Crippen LogP contribution is -2.49. The molecule has 1 heterocycles. The number of hydrogen-bond acceptors (Lipinski definition) is 2. The molecular weight excluding hydrogens is 326 g/mol. The maximum absolute atomic E-state index is 13.3. The number of carbonyl (C=O) groups is 2. The molecule has 2 aliphatic rings. The molecule has 5 heteroatoms. The molecule has 130 valence electrons. The van der Waals surface area contributed by atoms with Crippen LogP contribution in [-0.2, 0) is 16.0 Å². The molecule has 1 saturated heterocycles. The van der Waals surface area contributed by atoms with Crippen molar-refractivity contribution in [1.82, 2.24) is 4.90 Å². The number of benzene rings is 1. The number of likely N-dealkylation sites (tertiary alicyclic amines) is 1. The Balaban J connectivity index is 1.79. The van der Waals surface area contributed by atoms with E-state index >= 15 is 0 Å². The van der Waals surface area contributed by atoms with Crippen molar-refractivity contribution in [3.05, 3.63) is 34.9 Å². The minimum atomic E-state index is -0.789. The Morgan fingerprint density at radius 3 is 2.67 bits per heavy atom. The third-order valence-corrected chi connectivity index (χ3v) is 5.74. The van der Waals surface area contributed by atoms with Gasteiger partial charge in [0.15, 0.2) is 0 Å². The van der Waals surface area contributed by atoms with Gasteiger partial charge in [-0.1, -0.05) is 36.6 Å². The first-order valence-corrected chi connectivity index (χ1v) is 9.15. The molecule has 1 aromatic carbocycles. The van der Waals surface area contributed by atoms with Crippen LogP contribution < -0.4 is 0 Å². The Morgan fingerprint density at radius 1 is 1.25 bits per heavy atom. The van der Waals surface area contributed by atoms with Crippen molar-refractivity contribution in [3.63, 3.8) is 0 Å². The van der Waals surface area contributed by atoms with E-state index in [9.17, 15) is 14.7 Å². The van der Waals surface area contributed by atoms with Crippen LogP contribution in [-0.4, -0.2) is 35.0 Å². The number of carbonyl (C=O) groups excluding carboxylic acids is 1. The lowest BCUT2D eigenvalue weighted by Gasteiger charge is -2.38. The van der Waals surface area contributed by atoms with Crippen molar-refractivity contribution >= 4 is 23.5 Å². The van der Waals surface area contributed by atoms with Gasteiger partial charge in [-0.15, -0.1) is 0 Å². The molecule has 1 aromatic rings. The molecule has 1 N–H and O–H groups in total. The van der Waals surface area contributed by atoms with Crippen molar-refractivity contribution in [2.24, 2.45) is 11.3 Å². The highest BCUT2D eigenvalue weighted by Crippen LogP contribution is 2.43. The van der Waals surface area contributed by atoms with Gasteiger partial charge in [0.25, 0.3) is 0 Å². The van der Waals surface area contributed by atoms with Crippen LogP contribution in [0.2, 0.25) is 5.02 Å². The lowest BCUT2D eigenvalue weighted by atomic mass is 9.78. The third kappa shape index (κ3) is 3.59. The van der Waals surface area contributed by atoms with Crippen LogP contribution in [0.4, 0.5) is 0 Å². The fourth-order valence-corrected chi connectivity index (χ4v) is 4.47. The van der Waals surface area contributed by atoms with E-state index in [1.54, 1.807) is 4.90 Å². The summed E-state index contributed by atoms with van der Waals surface area (Å²) in [5, 5.41) is 9.97. The van der Waals surface area contributed by atoms with Crippen LogP contribution in [0.5, 0.6) is 0 Å². The average molecular weight is 350 g/mol. The van der Waals surface area contributed by atoms with Gasteiger partial charge in [-0.25, -0.2) is 0 Å². The number of hydrogen-bond donors (Lipinski definition) is 1. The van der Waals surface area contributed by atoms with E-state index in [1.165, 1.54) is 0 Å². The predicted molar refractivity (Wildman–Crippen MR) is 93.0 cm³/mol. The molecule has 4 nitrogen and oxygen atoms in total. The number of nitrogens with zero attached hydrogens (tertiary/aromatic N) is 1. The Morgan fingerprint density at radius 2 is 2.00 bits per heavy atom. The van der Waals surface area contributed by atoms with Crippen molar-refractivity contribution in [1.29, 1.82) is 0 Å². The van der Waals surface area contributed by atoms with Crippen LogP contribution >= 0.6 is 11.6 Å². The van der Waals surface area contributed by atoms with Gasteiger partial charge in [0.2, 0.25) is 5.91 Å². The van der Waals surface area contributed by atoms with Crippen LogP contribution in [0, 0.1) is 11.3 Å². The number of halogens is 1. The van der Waals surface area contributed by atoms with Gasteiger partial charge >= 0.3 is 5.97 Å². The smallest absolute Gasteiger partial charge is 0.308 e. The van der Waals surface area contributed by atoms with Crippen LogP contribution in [0.3, 0.4) is 0 Å². The second-order valence-corrected chi connectivity index (χ2v) is 7.66. The number of aliphatic carboxylic acids is 1. The third-order valence-electron chi connectivity index (χ3n) is 5.50. The van der Waals surface area contributed by atoms with Crippen molar-refractivity contribution in [2.45, 2.75) is 44.9 Å². The van der Waals surface area contributed by atoms with Gasteiger partial charge in [0.1, 0.15) is 0 Å². The molecular formula is C19H24ClNO3. The Kier molecular flexibility index (Phi) is 5.14. The summed E-state index contributed by atoms with van der Waals surface area (Å²) in [5.41, 5.74) is 0.704. The molecule has 0 radical (unpaired) electrons. The average Bonchev–Trinajstić information content (AvgIpc) is 3.04. The summed E-state index contributed by atoms with van der Waals surface area (Å²) in [6.07, 6.45) is 6.02. The Hall–Kier alpha value is -1.55. The monoisotopic (exact) mass is 349 g/mol. The number of carboxylic acid groups (broad SMARTS) is 1. The second-order valence-electron chi connectivity index (χ2n) is 7.22. The van der Waals surface area contributed by atoms with Crippen LogP contribution in [0.25, 0.3) is 0 Å². The van der Waals surface area contributed by atoms with E-state index in [0.717, 1.165) is 37.7 Å². The zero-order chi connectivity index (χ0) is 17.2. The highest BCUT2D eigenvalue weighted by atomic mass is 35.5. The van der Waals surface area contributed by atoms with Gasteiger partial charge < -0.3 is 10.0 Å². The second kappa shape index (κ2) is 7.14. The Bertz CT molecular complexity index is 625. The SMILES string of the molecule is O=C(O)C1CCCN(C(=O)C2(Cc3cccc(Cl)c3)CCCC2)C1. The lowest BCUT2D eigenvalue weighted by molar-refractivity contribution is -0.149. The van der Waals surface area contributed by atoms with Crippen molar-refractivity contribution in [2.75, 3.05) is 13.1 Å². The number of carboxylic acids is 1. The summed E-state index contributed by atoms with van der Waals surface area (Å²) in [6.45, 7) is 1.03. The molecule has 2 fully saturated rings. The minimum absolute atomic E-state index is 0.144. The zero-order valence-electron chi connectivity index (χ0n) is 13.8. The summed E-state index contributed by atoms with van der Waals surface area (Å²) >= 11 is 6.10. The molecule has 1 amide bonds. The molecule has 24 heavy (non-hydrogen) atoms. The van der Waals surface area contributed by atoms with Gasteiger partial charge in [-0.3, -0.25) is 9.59 Å². The van der Waals surface area contributed by atoms with E-state index in [4.69, 9.17) is 11.6 Å². The molecule has 1 aliphatic carbocycles. The normalized spacial score (nSPS) is 23.2. The Labute approximate surface area is 147 Å². The molecule has 0 bridgehead atoms. The highest BCUT2D eigenvalue weighted by molar-refractivity contribution is 6.30. The standard InChI is InChI=1S/C19H24ClNO3/c20-16-7-3-5-14(11-16)12-19(8-1-2-9-19)18(24)21-10-4-6-15(13-21)17(22)23/h3,5,7,11,15H,1-2,4,6,8-10,12-13H2,(H,22,23). The van der Waals surface area contributed by atoms with E-state index in [-0.39, 0.29) is 11.3 Å². The maximum Gasteiger partial charge on any atom is 0.308 e. The number of piperidine rings is 1. The summed E-state index contributed by atoms with van der Waals surface area (Å²) in [6, 6.07) is 7.73. The first-order valence-electron chi connectivity index (χ1n) is 8.77. The summed E-state index contributed by atoms with van der Waals surface area (Å²) in [4.78, 5) is 26.4. The zero-order valence-corrected chi connectivity index (χ0v) is 14.6. The molecule has 1 unspecified atom stereocenters. The van der Waals surface area contributed by atoms with Crippen molar-refractivity contribution in [3.8, 4) is 0 Å². The van der Waals surface area contributed by atoms with Gasteiger partial charge in [0.05, 0.1) is 11.3 Å². The fourth-order valence-electron chi connectivity index (χ4n) is 4.25. The van der Waals surface area contributed by atoms with Crippen LogP contribution in [0.1, 0.15) is 44.1 Å². The topological polar surface area (TPSA) is 57.6 Å². The minimum Gasteiger partial charge on any atom is -0.481 e. The molecule has 1 atom stereocenters. The van der Waals surface area contributed by atoms with E-state index in [2.05, 4.69) is 0 Å². The summed E-state index contributed by atoms with van der Waals surface area (Å²) in [5.74, 6) is -1.07. The summed E-state index contributed by atoms with van der Waals surface area (Å²) in [7, 11) is 0. The van der Waals surface area contributed by atoms with Gasteiger partial charge in [0, 0.05) is 18.1 Å². The first kappa shape index (κ1) is 17.3. The quantitative estimate of drug-likeness (QED) is 0.900. The van der Waals surface area contributed by atoms with E-state index in [1.807, 2.05) is 24.3 Å². The van der Waals surface area contributed by atoms with E-state index < -0.39 is 11.9 Å². The molecule has 1 aliphatic heterocycles. The largest absolute Gasteiger partial charge is 0.481 e. The van der Waals surface area contributed by atoms with E-state index in [0.29, 0.717) is 31.0 Å². The van der Waals surface area contributed by atoms with Gasteiger partial charge in [-0.2, -0.15) is 0 Å². The number of amides is 1. The molecule has 0 spiro atoms. The molecule has 0 aromatic heterocycles. The highest BCUT2D eigenvalue weighted by Gasteiger charge is 2.44. The molecule has 3 rings (SSSR count). The number of rotatable bonds is 4. The van der Waals surface area contributed by atoms with Gasteiger partial charge in [-0.05, 0) is 49.8 Å². The maximum atomic E-state index is 13.3. The fraction of sp³-hybridized carbons (Fsp3) is 0.579. The first-order chi connectivity index (χ1) is 11.5. The predicted octanol–water partition coefficient (Wildman–Crippen LogP) is 3.77. The summed E-state index contributed by atoms with van der Waals surface area (Å²) < 4.78 is 0. The van der Waals surface area contributed by atoms with Crippen molar-refractivity contribution < 1.29 is 14.7 Å². The van der Waals surface area contributed by atoms with Crippen LogP contribution in [0.15, 0.2) is 24.3 Å². The molecule has 1 saturated carbocycles.